The molecule has 1 atom stereocenters. The Hall–Kier alpha value is -1.59. The van der Waals surface area contributed by atoms with Gasteiger partial charge in [0.2, 0.25) is 0 Å². The first-order valence-corrected chi connectivity index (χ1v) is 30.7. The zero-order valence-corrected chi connectivity index (χ0v) is 46.7. The van der Waals surface area contributed by atoms with Gasteiger partial charge in [-0.15, -0.1) is 0 Å². The Kier molecular flexibility index (Phi) is 53.5. The molecular formula is C62H120O6. The van der Waals surface area contributed by atoms with Crippen LogP contribution in [-0.4, -0.2) is 37.2 Å². The second kappa shape index (κ2) is 54.7. The summed E-state index contributed by atoms with van der Waals surface area (Å²) in [5.41, 5.74) is 0. The van der Waals surface area contributed by atoms with Crippen molar-refractivity contribution in [1.29, 1.82) is 0 Å². The Bertz CT molecular complexity index is 1040. The summed E-state index contributed by atoms with van der Waals surface area (Å²) in [6.07, 6.45) is 59.6. The number of carbonyl (C=O) groups is 3. The molecule has 0 aromatic carbocycles. The van der Waals surface area contributed by atoms with Crippen molar-refractivity contribution in [3.8, 4) is 0 Å². The van der Waals surface area contributed by atoms with E-state index in [1.54, 1.807) is 0 Å². The van der Waals surface area contributed by atoms with Crippen LogP contribution in [0.1, 0.15) is 349 Å². The fraction of sp³-hybridized carbons (Fsp3) is 0.952. The van der Waals surface area contributed by atoms with Crippen molar-refractivity contribution in [3.05, 3.63) is 0 Å². The Balaban J connectivity index is 4.20. The Morgan fingerprint density at radius 3 is 0.721 bits per heavy atom. The fourth-order valence-corrected chi connectivity index (χ4v) is 9.58. The van der Waals surface area contributed by atoms with Gasteiger partial charge in [-0.05, 0) is 31.1 Å². The second-order valence-corrected chi connectivity index (χ2v) is 22.3. The Labute approximate surface area is 425 Å². The van der Waals surface area contributed by atoms with Gasteiger partial charge >= 0.3 is 17.9 Å². The summed E-state index contributed by atoms with van der Waals surface area (Å²) in [5.74, 6) is 0.875. The number of esters is 3. The lowest BCUT2D eigenvalue weighted by atomic mass is 10.0. The van der Waals surface area contributed by atoms with Crippen LogP contribution < -0.4 is 0 Å². The van der Waals surface area contributed by atoms with Crippen LogP contribution in [0.3, 0.4) is 0 Å². The van der Waals surface area contributed by atoms with Crippen LogP contribution in [0.15, 0.2) is 0 Å². The lowest BCUT2D eigenvalue weighted by molar-refractivity contribution is -0.167. The quantitative estimate of drug-likeness (QED) is 0.0343. The van der Waals surface area contributed by atoms with E-state index in [1.807, 2.05) is 0 Å². The van der Waals surface area contributed by atoms with Crippen LogP contribution in [-0.2, 0) is 28.6 Å². The zero-order chi connectivity index (χ0) is 49.6. The van der Waals surface area contributed by atoms with Gasteiger partial charge in [0.1, 0.15) is 13.2 Å². The number of carbonyl (C=O) groups excluding carboxylic acids is 3. The summed E-state index contributed by atoms with van der Waals surface area (Å²) in [5, 5.41) is 0. The predicted octanol–water partition coefficient (Wildman–Crippen LogP) is 20.4. The van der Waals surface area contributed by atoms with E-state index in [0.29, 0.717) is 19.3 Å². The molecule has 0 spiro atoms. The van der Waals surface area contributed by atoms with Crippen LogP contribution in [0.5, 0.6) is 0 Å². The van der Waals surface area contributed by atoms with Gasteiger partial charge < -0.3 is 14.2 Å². The smallest absolute Gasteiger partial charge is 0.306 e. The van der Waals surface area contributed by atoms with Crippen molar-refractivity contribution in [2.45, 2.75) is 355 Å². The molecule has 404 valence electrons. The molecule has 0 aliphatic carbocycles. The molecule has 0 aliphatic heterocycles. The Morgan fingerprint density at radius 1 is 0.279 bits per heavy atom. The van der Waals surface area contributed by atoms with E-state index >= 15 is 0 Å². The monoisotopic (exact) mass is 961 g/mol. The molecule has 0 saturated heterocycles. The average molecular weight is 962 g/mol. The highest BCUT2D eigenvalue weighted by Crippen LogP contribution is 2.19. The normalized spacial score (nSPS) is 12.0. The molecule has 0 saturated carbocycles. The maximum Gasteiger partial charge on any atom is 0.306 e. The summed E-state index contributed by atoms with van der Waals surface area (Å²) in [6, 6.07) is 0. The number of rotatable bonds is 56. The van der Waals surface area contributed by atoms with Crippen LogP contribution >= 0.6 is 0 Å². The summed E-state index contributed by atoms with van der Waals surface area (Å²) in [4.78, 5) is 38.2. The standard InChI is InChI=1S/C62H120O6/c1-6-7-8-9-10-11-32-37-42-47-52-60(63)66-55-59(56-67-61(64)53-48-43-38-33-28-24-20-17-16-19-23-27-31-36-41-46-51-58(4)5)68-62(65)54-49-44-39-34-29-25-21-15-13-12-14-18-22-26-30-35-40-45-50-57(2)3/h57-59H,6-56H2,1-5H3/t59-/m1/s1. The molecule has 68 heavy (non-hydrogen) atoms. The van der Waals surface area contributed by atoms with Crippen molar-refractivity contribution < 1.29 is 28.6 Å². The molecule has 0 fully saturated rings. The summed E-state index contributed by atoms with van der Waals surface area (Å²) in [6.45, 7) is 11.4. The van der Waals surface area contributed by atoms with Crippen LogP contribution in [0.2, 0.25) is 0 Å². The molecule has 0 rings (SSSR count). The third kappa shape index (κ3) is 55.3. The molecular weight excluding hydrogens is 841 g/mol. The summed E-state index contributed by atoms with van der Waals surface area (Å²) < 4.78 is 16.9. The molecule has 6 heteroatoms. The highest BCUT2D eigenvalue weighted by molar-refractivity contribution is 5.71. The van der Waals surface area contributed by atoms with E-state index in [1.165, 1.54) is 238 Å². The number of hydrogen-bond acceptors (Lipinski definition) is 6. The van der Waals surface area contributed by atoms with E-state index in [2.05, 4.69) is 34.6 Å². The Morgan fingerprint density at radius 2 is 0.485 bits per heavy atom. The van der Waals surface area contributed by atoms with Crippen LogP contribution in [0.4, 0.5) is 0 Å². The molecule has 0 N–H and O–H groups in total. The first-order chi connectivity index (χ1) is 33.2. The van der Waals surface area contributed by atoms with Gasteiger partial charge in [-0.1, -0.05) is 311 Å². The minimum atomic E-state index is -0.762. The van der Waals surface area contributed by atoms with Gasteiger partial charge in [-0.25, -0.2) is 0 Å². The molecule has 0 amide bonds. The van der Waals surface area contributed by atoms with Crippen molar-refractivity contribution in [3.63, 3.8) is 0 Å². The van der Waals surface area contributed by atoms with E-state index in [4.69, 9.17) is 14.2 Å². The maximum atomic E-state index is 12.9. The van der Waals surface area contributed by atoms with E-state index in [9.17, 15) is 14.4 Å². The molecule has 0 heterocycles. The second-order valence-electron chi connectivity index (χ2n) is 22.3. The molecule has 0 aromatic heterocycles. The fourth-order valence-electron chi connectivity index (χ4n) is 9.58. The lowest BCUT2D eigenvalue weighted by Gasteiger charge is -2.18. The van der Waals surface area contributed by atoms with Gasteiger partial charge in [0.25, 0.3) is 0 Å². The van der Waals surface area contributed by atoms with E-state index in [-0.39, 0.29) is 31.1 Å². The minimum Gasteiger partial charge on any atom is -0.462 e. The van der Waals surface area contributed by atoms with E-state index in [0.717, 1.165) is 69.6 Å². The summed E-state index contributed by atoms with van der Waals surface area (Å²) in [7, 11) is 0. The number of ether oxygens (including phenoxy) is 3. The van der Waals surface area contributed by atoms with Gasteiger partial charge in [-0.3, -0.25) is 14.4 Å². The van der Waals surface area contributed by atoms with Crippen LogP contribution in [0.25, 0.3) is 0 Å². The number of unbranched alkanes of at least 4 members (excludes halogenated alkanes) is 41. The van der Waals surface area contributed by atoms with Gasteiger partial charge in [0.05, 0.1) is 0 Å². The van der Waals surface area contributed by atoms with Gasteiger partial charge in [-0.2, -0.15) is 0 Å². The third-order valence-corrected chi connectivity index (χ3v) is 14.2. The zero-order valence-electron chi connectivity index (χ0n) is 46.7. The SMILES string of the molecule is CCCCCCCCCCCCC(=O)OC[C@H](COC(=O)CCCCCCCCCCCCCCCCCCC(C)C)OC(=O)CCCCCCCCCCCCCCCCCCCCC(C)C. The lowest BCUT2D eigenvalue weighted by Crippen LogP contribution is -2.30. The van der Waals surface area contributed by atoms with Gasteiger partial charge in [0.15, 0.2) is 6.10 Å². The molecule has 0 radical (unpaired) electrons. The van der Waals surface area contributed by atoms with Crippen molar-refractivity contribution in [2.75, 3.05) is 13.2 Å². The van der Waals surface area contributed by atoms with E-state index < -0.39 is 6.10 Å². The molecule has 0 aliphatic rings. The average Bonchev–Trinajstić information content (AvgIpc) is 3.31. The van der Waals surface area contributed by atoms with Crippen LogP contribution in [0, 0.1) is 11.8 Å². The highest BCUT2D eigenvalue weighted by Gasteiger charge is 2.19. The third-order valence-electron chi connectivity index (χ3n) is 14.2. The topological polar surface area (TPSA) is 78.9 Å². The molecule has 0 aromatic rings. The molecule has 0 bridgehead atoms. The highest BCUT2D eigenvalue weighted by atomic mass is 16.6. The van der Waals surface area contributed by atoms with Crippen molar-refractivity contribution in [1.82, 2.24) is 0 Å². The maximum absolute atomic E-state index is 12.9. The molecule has 0 unspecified atom stereocenters. The predicted molar refractivity (Wildman–Crippen MR) is 293 cm³/mol. The largest absolute Gasteiger partial charge is 0.462 e. The molecule has 6 nitrogen and oxygen atoms in total. The van der Waals surface area contributed by atoms with Crippen molar-refractivity contribution in [2.24, 2.45) is 11.8 Å². The van der Waals surface area contributed by atoms with Gasteiger partial charge in [0, 0.05) is 19.3 Å². The van der Waals surface area contributed by atoms with Crippen molar-refractivity contribution >= 4 is 17.9 Å². The number of hydrogen-bond donors (Lipinski definition) is 0. The minimum absolute atomic E-state index is 0.0622. The first kappa shape index (κ1) is 66.4. The first-order valence-electron chi connectivity index (χ1n) is 30.7. The summed E-state index contributed by atoms with van der Waals surface area (Å²) >= 11 is 0.